The molecule has 0 atom stereocenters. The van der Waals surface area contributed by atoms with E-state index in [2.05, 4.69) is 10.2 Å². The fourth-order valence-electron chi connectivity index (χ4n) is 4.44. The highest BCUT2D eigenvalue weighted by atomic mass is 32.9. The zero-order valence-corrected chi connectivity index (χ0v) is 34.6. The summed E-state index contributed by atoms with van der Waals surface area (Å²) < 4.78 is 48.6. The van der Waals surface area contributed by atoms with Crippen molar-refractivity contribution in [2.45, 2.75) is 46.7 Å². The van der Waals surface area contributed by atoms with Gasteiger partial charge in [-0.2, -0.15) is 9.78 Å². The molecular formula is C31H41N4O8P3S4. The van der Waals surface area contributed by atoms with E-state index in [0.29, 0.717) is 73.2 Å². The molecule has 3 aromatic carbocycles. The second-order valence-electron chi connectivity index (χ2n) is 9.71. The van der Waals surface area contributed by atoms with Crippen LogP contribution in [0.25, 0.3) is 22.2 Å². The molecule has 1 aromatic heterocycles. The molecule has 0 aliphatic rings. The summed E-state index contributed by atoms with van der Waals surface area (Å²) in [5.41, 5.74) is -1.51. The lowest BCUT2D eigenvalue weighted by molar-refractivity contribution is 0.217. The van der Waals surface area contributed by atoms with E-state index in [1.165, 1.54) is 11.4 Å². The molecule has 19 heteroatoms. The van der Waals surface area contributed by atoms with Crippen molar-refractivity contribution in [3.05, 3.63) is 66.2 Å². The van der Waals surface area contributed by atoms with Crippen molar-refractivity contribution in [3.63, 3.8) is 0 Å². The van der Waals surface area contributed by atoms with Crippen LogP contribution in [0.3, 0.4) is 0 Å². The molecule has 0 unspecified atom stereocenters. The maximum Gasteiger partial charge on any atom is 0.380 e. The summed E-state index contributed by atoms with van der Waals surface area (Å²) in [6.45, 7) is 7.16. The Labute approximate surface area is 312 Å². The van der Waals surface area contributed by atoms with Gasteiger partial charge in [-0.25, -0.2) is 0 Å². The highest BCUT2D eigenvalue weighted by molar-refractivity contribution is 8.67. The average molecular weight is 819 g/mol. The monoisotopic (exact) mass is 818 g/mol. The minimum Gasteiger partial charge on any atom is -0.424 e. The normalized spacial score (nSPS) is 12.6. The van der Waals surface area contributed by atoms with E-state index in [1.54, 1.807) is 23.0 Å². The molecule has 0 bridgehead atoms. The highest BCUT2D eigenvalue weighted by Gasteiger charge is 2.27. The fraction of sp³-hybridized carbons (Fsp3) is 0.387. The number of benzene rings is 3. The molecule has 4 aromatic rings. The van der Waals surface area contributed by atoms with Gasteiger partial charge in [-0.15, -0.1) is 10.2 Å². The van der Waals surface area contributed by atoms with Crippen molar-refractivity contribution >= 4 is 82.9 Å². The minimum atomic E-state index is -3.11. The smallest absolute Gasteiger partial charge is 0.380 e. The van der Waals surface area contributed by atoms with Gasteiger partial charge in [0.15, 0.2) is 5.82 Å². The summed E-state index contributed by atoms with van der Waals surface area (Å²) in [5, 5.41) is 16.1. The predicted octanol–water partition coefficient (Wildman–Crippen LogP) is 9.72. The Hall–Kier alpha value is -1.61. The lowest BCUT2D eigenvalue weighted by atomic mass is 10.0. The maximum absolute atomic E-state index is 6.32. The third-order valence-corrected chi connectivity index (χ3v) is 16.1. The second kappa shape index (κ2) is 19.5. The standard InChI is InChI=1S/C31H41N4O8P3S4/c1-7-36-44(47,37-8-2)42-26-20-17-25(18-21-26)30-33-34-31(50-46(49,40-11-5)41-12-6)35(30)32-23-28-27-16-14-13-15-24(27)19-22-29(28)43-45(48,38-9-3)39-10-4/h13-23H,7-12H2,1-6H3/b32-23+. The maximum atomic E-state index is 6.32. The Balaban J connectivity index is 1.84. The number of rotatable bonds is 21. The zero-order chi connectivity index (χ0) is 36.2. The molecule has 12 nitrogen and oxygen atoms in total. The van der Waals surface area contributed by atoms with E-state index in [0.717, 1.165) is 10.8 Å². The molecule has 0 saturated carbocycles. The largest absolute Gasteiger partial charge is 0.424 e. The number of fused-ring (bicyclic) bond motifs is 1. The third kappa shape index (κ3) is 11.0. The van der Waals surface area contributed by atoms with E-state index >= 15 is 0 Å². The Morgan fingerprint density at radius 3 is 1.82 bits per heavy atom. The summed E-state index contributed by atoms with van der Waals surface area (Å²) in [6.07, 6.45) is 1.68. The van der Waals surface area contributed by atoms with E-state index in [9.17, 15) is 0 Å². The van der Waals surface area contributed by atoms with Crippen molar-refractivity contribution in [1.82, 2.24) is 14.9 Å². The van der Waals surface area contributed by atoms with Gasteiger partial charge in [-0.1, -0.05) is 30.3 Å². The second-order valence-corrected chi connectivity index (χ2v) is 21.7. The zero-order valence-electron chi connectivity index (χ0n) is 28.6. The van der Waals surface area contributed by atoms with Crippen LogP contribution >= 0.6 is 30.5 Å². The molecule has 0 aliphatic heterocycles. The molecule has 0 aliphatic carbocycles. The molecule has 0 amide bonds. The summed E-state index contributed by atoms with van der Waals surface area (Å²) in [6, 6.07) is 18.8. The first kappa shape index (κ1) is 41.2. The Bertz CT molecular complexity index is 1870. The topological polar surface area (TPSA) is 117 Å². The number of hydrogen-bond acceptors (Lipinski definition) is 15. The van der Waals surface area contributed by atoms with E-state index in [4.69, 9.17) is 76.7 Å². The van der Waals surface area contributed by atoms with Crippen molar-refractivity contribution in [1.29, 1.82) is 0 Å². The molecule has 0 spiro atoms. The van der Waals surface area contributed by atoms with Crippen LogP contribution in [0, 0.1) is 0 Å². The van der Waals surface area contributed by atoms with Gasteiger partial charge in [0.1, 0.15) is 11.5 Å². The van der Waals surface area contributed by atoms with E-state index in [-0.39, 0.29) is 0 Å². The van der Waals surface area contributed by atoms with Crippen LogP contribution < -0.4 is 9.05 Å². The van der Waals surface area contributed by atoms with Crippen molar-refractivity contribution in [2.24, 2.45) is 5.10 Å². The average Bonchev–Trinajstić information content (AvgIpc) is 3.46. The van der Waals surface area contributed by atoms with Crippen LogP contribution in [-0.4, -0.2) is 60.7 Å². The first-order valence-electron chi connectivity index (χ1n) is 15.9. The SMILES string of the molecule is CCOP(=S)(OCC)Oc1ccc(-c2nnc(SP(=S)(OCC)OCC)n2/N=C/c2c(OP(=S)(OCC)OCC)ccc3ccccc23)cc1. The van der Waals surface area contributed by atoms with Crippen molar-refractivity contribution < 1.29 is 36.2 Å². The lowest BCUT2D eigenvalue weighted by Gasteiger charge is -2.22. The lowest BCUT2D eigenvalue weighted by Crippen LogP contribution is -2.04. The number of nitrogens with zero attached hydrogens (tertiary/aromatic N) is 4. The van der Waals surface area contributed by atoms with Gasteiger partial charge in [-0.3, -0.25) is 18.1 Å². The van der Waals surface area contributed by atoms with Crippen molar-refractivity contribution in [2.75, 3.05) is 39.6 Å². The van der Waals surface area contributed by atoms with E-state index in [1.807, 2.05) is 90.1 Å². The van der Waals surface area contributed by atoms with Gasteiger partial charge >= 0.3 is 13.4 Å². The van der Waals surface area contributed by atoms with Gasteiger partial charge < -0.3 is 18.1 Å². The van der Waals surface area contributed by atoms with Gasteiger partial charge in [0.05, 0.1) is 45.9 Å². The van der Waals surface area contributed by atoms with E-state index < -0.39 is 19.1 Å². The highest BCUT2D eigenvalue weighted by Crippen LogP contribution is 2.63. The van der Waals surface area contributed by atoms with Gasteiger partial charge in [-0.05, 0) is 94.5 Å². The number of aromatic nitrogens is 3. The predicted molar refractivity (Wildman–Crippen MR) is 212 cm³/mol. The van der Waals surface area contributed by atoms with Gasteiger partial charge in [0, 0.05) is 46.1 Å². The summed E-state index contributed by atoms with van der Waals surface area (Å²) >= 11 is 18.3. The van der Waals surface area contributed by atoms with Crippen LogP contribution in [0.1, 0.15) is 47.1 Å². The molecule has 50 heavy (non-hydrogen) atoms. The first-order valence-corrected chi connectivity index (χ1v) is 25.1. The molecular weight excluding hydrogens is 778 g/mol. The molecule has 272 valence electrons. The van der Waals surface area contributed by atoms with Gasteiger partial charge in [0.2, 0.25) is 5.16 Å². The molecule has 0 radical (unpaired) electrons. The quantitative estimate of drug-likeness (QED) is 0.0587. The first-order chi connectivity index (χ1) is 24.0. The molecule has 0 fully saturated rings. The number of hydrogen-bond donors (Lipinski definition) is 0. The molecule has 0 saturated heterocycles. The molecule has 1 heterocycles. The fourth-order valence-corrected chi connectivity index (χ4v) is 13.0. The van der Waals surface area contributed by atoms with Crippen LogP contribution in [-0.2, 0) is 62.6 Å². The minimum absolute atomic E-state index is 0.334. The summed E-state index contributed by atoms with van der Waals surface area (Å²) in [5.74, 6) is 1.37. The van der Waals surface area contributed by atoms with Crippen LogP contribution in [0.5, 0.6) is 11.5 Å². The summed E-state index contributed by atoms with van der Waals surface area (Å²) in [7, 11) is 0. The van der Waals surface area contributed by atoms with Crippen LogP contribution in [0.4, 0.5) is 0 Å². The Kier molecular flexibility index (Phi) is 16.0. The molecule has 0 N–H and O–H groups in total. The van der Waals surface area contributed by atoms with Crippen molar-refractivity contribution in [3.8, 4) is 22.9 Å². The van der Waals surface area contributed by atoms with Crippen LogP contribution in [0.15, 0.2) is 70.9 Å². The Morgan fingerprint density at radius 2 is 1.24 bits per heavy atom. The summed E-state index contributed by atoms with van der Waals surface area (Å²) in [4.78, 5) is 0. The molecule has 4 rings (SSSR count). The Morgan fingerprint density at radius 1 is 0.680 bits per heavy atom. The van der Waals surface area contributed by atoms with Crippen LogP contribution in [0.2, 0.25) is 0 Å². The van der Waals surface area contributed by atoms with Gasteiger partial charge in [0.25, 0.3) is 5.69 Å². The third-order valence-electron chi connectivity index (χ3n) is 6.30.